The van der Waals surface area contributed by atoms with Crippen LogP contribution in [0.5, 0.6) is 5.75 Å². The van der Waals surface area contributed by atoms with Crippen LogP contribution in [0.3, 0.4) is 0 Å². The highest BCUT2D eigenvalue weighted by atomic mass is 16.5. The first-order chi connectivity index (χ1) is 10.2. The average molecular weight is 283 g/mol. The fraction of sp³-hybridized carbons (Fsp3) is 0.278. The van der Waals surface area contributed by atoms with Crippen molar-refractivity contribution >= 4 is 5.91 Å². The molecule has 21 heavy (non-hydrogen) atoms. The monoisotopic (exact) mass is 283 g/mol. The number of aryl methyl sites for hydroxylation is 1. The van der Waals surface area contributed by atoms with Gasteiger partial charge < -0.3 is 10.1 Å². The fourth-order valence-corrected chi connectivity index (χ4v) is 2.32. The van der Waals surface area contributed by atoms with E-state index >= 15 is 0 Å². The third-order valence-corrected chi connectivity index (χ3v) is 3.47. The molecule has 3 heteroatoms. The second-order valence-electron chi connectivity index (χ2n) is 5.02. The van der Waals surface area contributed by atoms with Crippen LogP contribution < -0.4 is 10.1 Å². The summed E-state index contributed by atoms with van der Waals surface area (Å²) >= 11 is 0. The van der Waals surface area contributed by atoms with E-state index in [0.29, 0.717) is 6.42 Å². The molecule has 0 saturated heterocycles. The third kappa shape index (κ3) is 4.35. The van der Waals surface area contributed by atoms with Gasteiger partial charge in [0.15, 0.2) is 0 Å². The molecule has 2 aromatic carbocycles. The smallest absolute Gasteiger partial charge is 0.220 e. The Balaban J connectivity index is 1.90. The Kier molecular flexibility index (Phi) is 5.38. The zero-order chi connectivity index (χ0) is 15.1. The summed E-state index contributed by atoms with van der Waals surface area (Å²) in [6.07, 6.45) is 1.24. The molecule has 0 aliphatic carbocycles. The van der Waals surface area contributed by atoms with Crippen molar-refractivity contribution in [2.24, 2.45) is 0 Å². The molecule has 0 radical (unpaired) electrons. The molecule has 1 atom stereocenters. The van der Waals surface area contributed by atoms with E-state index in [1.165, 1.54) is 5.56 Å². The van der Waals surface area contributed by atoms with E-state index in [2.05, 4.69) is 5.32 Å². The highest BCUT2D eigenvalue weighted by molar-refractivity contribution is 5.76. The number of hydrogen-bond acceptors (Lipinski definition) is 2. The average Bonchev–Trinajstić information content (AvgIpc) is 2.53. The minimum atomic E-state index is -0.0653. The summed E-state index contributed by atoms with van der Waals surface area (Å²) in [6, 6.07) is 17.7. The first kappa shape index (κ1) is 15.1. The van der Waals surface area contributed by atoms with Gasteiger partial charge in [-0.25, -0.2) is 0 Å². The molecule has 2 aromatic rings. The van der Waals surface area contributed by atoms with E-state index in [4.69, 9.17) is 4.74 Å². The number of hydrogen-bond donors (Lipinski definition) is 1. The maximum absolute atomic E-state index is 12.0. The lowest BCUT2D eigenvalue weighted by Gasteiger charge is -2.17. The Bertz CT molecular complexity index is 581. The minimum Gasteiger partial charge on any atom is -0.496 e. The van der Waals surface area contributed by atoms with Gasteiger partial charge in [-0.2, -0.15) is 0 Å². The fourth-order valence-electron chi connectivity index (χ4n) is 2.32. The van der Waals surface area contributed by atoms with Crippen molar-refractivity contribution in [3.63, 3.8) is 0 Å². The number of ether oxygens (including phenoxy) is 1. The second-order valence-corrected chi connectivity index (χ2v) is 5.02. The lowest BCUT2D eigenvalue weighted by atomic mass is 10.1. The van der Waals surface area contributed by atoms with Crippen molar-refractivity contribution in [1.82, 2.24) is 5.32 Å². The molecule has 110 valence electrons. The Hall–Kier alpha value is -2.29. The molecule has 0 bridgehead atoms. The van der Waals surface area contributed by atoms with Crippen LogP contribution in [0, 0.1) is 0 Å². The highest BCUT2D eigenvalue weighted by Crippen LogP contribution is 2.24. The summed E-state index contributed by atoms with van der Waals surface area (Å²) in [5.74, 6) is 0.852. The normalized spacial score (nSPS) is 11.7. The van der Waals surface area contributed by atoms with Gasteiger partial charge in [0.1, 0.15) is 5.75 Å². The van der Waals surface area contributed by atoms with Crippen LogP contribution >= 0.6 is 0 Å². The second kappa shape index (κ2) is 7.48. The van der Waals surface area contributed by atoms with Crippen LogP contribution in [-0.4, -0.2) is 13.0 Å². The number of methoxy groups -OCH3 is 1. The maximum atomic E-state index is 12.0. The van der Waals surface area contributed by atoms with Crippen LogP contribution in [0.2, 0.25) is 0 Å². The molecule has 1 amide bonds. The lowest BCUT2D eigenvalue weighted by Crippen LogP contribution is -2.27. The highest BCUT2D eigenvalue weighted by Gasteiger charge is 2.13. The van der Waals surface area contributed by atoms with Gasteiger partial charge in [0.05, 0.1) is 13.2 Å². The van der Waals surface area contributed by atoms with Gasteiger partial charge in [-0.3, -0.25) is 4.79 Å². The van der Waals surface area contributed by atoms with E-state index < -0.39 is 0 Å². The summed E-state index contributed by atoms with van der Waals surface area (Å²) in [5, 5.41) is 3.02. The van der Waals surface area contributed by atoms with E-state index in [1.807, 2.05) is 61.5 Å². The van der Waals surface area contributed by atoms with Crippen LogP contribution in [0.1, 0.15) is 30.5 Å². The van der Waals surface area contributed by atoms with Gasteiger partial charge in [-0.15, -0.1) is 0 Å². The van der Waals surface area contributed by atoms with Crippen LogP contribution in [0.25, 0.3) is 0 Å². The minimum absolute atomic E-state index is 0.0530. The number of amides is 1. The molecular weight excluding hydrogens is 262 g/mol. The van der Waals surface area contributed by atoms with E-state index in [-0.39, 0.29) is 11.9 Å². The van der Waals surface area contributed by atoms with Gasteiger partial charge in [-0.1, -0.05) is 48.5 Å². The van der Waals surface area contributed by atoms with Gasteiger partial charge in [0.2, 0.25) is 5.91 Å². The molecule has 1 N–H and O–H groups in total. The van der Waals surface area contributed by atoms with Crippen molar-refractivity contribution in [3.8, 4) is 5.75 Å². The van der Waals surface area contributed by atoms with Gasteiger partial charge in [-0.05, 0) is 25.0 Å². The Labute approximate surface area is 126 Å². The molecule has 0 aliphatic heterocycles. The molecule has 2 rings (SSSR count). The molecule has 1 unspecified atom stereocenters. The molecule has 0 saturated carbocycles. The van der Waals surface area contributed by atoms with Crippen LogP contribution in [-0.2, 0) is 11.2 Å². The summed E-state index contributed by atoms with van der Waals surface area (Å²) < 4.78 is 5.33. The molecular formula is C18H21NO2. The van der Waals surface area contributed by atoms with Crippen molar-refractivity contribution in [3.05, 3.63) is 65.7 Å². The topological polar surface area (TPSA) is 38.3 Å². The van der Waals surface area contributed by atoms with E-state index in [9.17, 15) is 4.79 Å². The molecule has 3 nitrogen and oxygen atoms in total. The first-order valence-electron chi connectivity index (χ1n) is 7.17. The molecule has 0 aliphatic rings. The predicted molar refractivity (Wildman–Crippen MR) is 84.3 cm³/mol. The predicted octanol–water partition coefficient (Wildman–Crippen LogP) is 3.51. The van der Waals surface area contributed by atoms with Crippen molar-refractivity contribution in [1.29, 1.82) is 0 Å². The van der Waals surface area contributed by atoms with Crippen LogP contribution in [0.4, 0.5) is 0 Å². The van der Waals surface area contributed by atoms with Crippen molar-refractivity contribution in [2.75, 3.05) is 7.11 Å². The summed E-state index contributed by atoms with van der Waals surface area (Å²) in [4.78, 5) is 12.0. The number of benzene rings is 2. The van der Waals surface area contributed by atoms with Gasteiger partial charge in [0, 0.05) is 12.0 Å². The standard InChI is InChI=1S/C18H21NO2/c1-14(16-10-6-7-11-17(16)21-2)19-18(20)13-12-15-8-4-3-5-9-15/h3-11,14H,12-13H2,1-2H3,(H,19,20). The maximum Gasteiger partial charge on any atom is 0.220 e. The summed E-state index contributed by atoms with van der Waals surface area (Å²) in [6.45, 7) is 1.97. The van der Waals surface area contributed by atoms with E-state index in [1.54, 1.807) is 7.11 Å². The van der Waals surface area contributed by atoms with Gasteiger partial charge >= 0.3 is 0 Å². The Morgan fingerprint density at radius 1 is 1.10 bits per heavy atom. The van der Waals surface area contributed by atoms with E-state index in [0.717, 1.165) is 17.7 Å². The number of rotatable bonds is 6. The largest absolute Gasteiger partial charge is 0.496 e. The molecule has 0 fully saturated rings. The number of nitrogens with one attached hydrogen (secondary N) is 1. The lowest BCUT2D eigenvalue weighted by molar-refractivity contribution is -0.121. The van der Waals surface area contributed by atoms with Gasteiger partial charge in [0.25, 0.3) is 0 Å². The van der Waals surface area contributed by atoms with Crippen molar-refractivity contribution in [2.45, 2.75) is 25.8 Å². The Morgan fingerprint density at radius 3 is 2.48 bits per heavy atom. The first-order valence-corrected chi connectivity index (χ1v) is 7.17. The molecule has 0 spiro atoms. The molecule has 0 heterocycles. The summed E-state index contributed by atoms with van der Waals surface area (Å²) in [7, 11) is 1.64. The van der Waals surface area contributed by atoms with Crippen molar-refractivity contribution < 1.29 is 9.53 Å². The zero-order valence-electron chi connectivity index (χ0n) is 12.5. The summed E-state index contributed by atoms with van der Waals surface area (Å²) in [5.41, 5.74) is 2.17. The number of carbonyl (C=O) groups excluding carboxylic acids is 1. The Morgan fingerprint density at radius 2 is 1.76 bits per heavy atom. The van der Waals surface area contributed by atoms with Crippen LogP contribution in [0.15, 0.2) is 54.6 Å². The number of carbonyl (C=O) groups is 1. The third-order valence-electron chi connectivity index (χ3n) is 3.47. The SMILES string of the molecule is COc1ccccc1C(C)NC(=O)CCc1ccccc1. The molecule has 0 aromatic heterocycles. The zero-order valence-corrected chi connectivity index (χ0v) is 12.5. The number of para-hydroxylation sites is 1. The quantitative estimate of drug-likeness (QED) is 0.881.